The van der Waals surface area contributed by atoms with Crippen molar-refractivity contribution in [3.8, 4) is 0 Å². The fourth-order valence-electron chi connectivity index (χ4n) is 1.82. The highest BCUT2D eigenvalue weighted by molar-refractivity contribution is 5.88. The van der Waals surface area contributed by atoms with E-state index in [-0.39, 0.29) is 6.61 Å². The number of nitrogens with two attached hydrogens (primary N) is 1. The number of nitrogens with one attached hydrogen (secondary N) is 1. The second-order valence-electron chi connectivity index (χ2n) is 4.13. The highest BCUT2D eigenvalue weighted by atomic mass is 16.5. The predicted octanol–water partition coefficient (Wildman–Crippen LogP) is 0.590. The van der Waals surface area contributed by atoms with Crippen molar-refractivity contribution >= 4 is 22.3 Å². The molecular formula is C12H18N4O2. The molecule has 1 heterocycles. The van der Waals surface area contributed by atoms with Crippen LogP contribution in [0, 0.1) is 0 Å². The quantitative estimate of drug-likeness (QED) is 0.516. The lowest BCUT2D eigenvalue weighted by Crippen LogP contribution is -2.24. The van der Waals surface area contributed by atoms with Gasteiger partial charge >= 0.3 is 0 Å². The van der Waals surface area contributed by atoms with Crippen molar-refractivity contribution in [3.05, 3.63) is 18.3 Å². The topological polar surface area (TPSA) is 87.4 Å². The van der Waals surface area contributed by atoms with Crippen LogP contribution in [0.15, 0.2) is 18.3 Å². The average Bonchev–Trinajstić information content (AvgIpc) is 2.80. The van der Waals surface area contributed by atoms with Crippen molar-refractivity contribution in [3.63, 3.8) is 0 Å². The second-order valence-corrected chi connectivity index (χ2v) is 4.13. The third-order valence-electron chi connectivity index (χ3n) is 2.81. The normalized spacial score (nSPS) is 11.0. The monoisotopic (exact) mass is 250 g/mol. The molecule has 0 atom stereocenters. The number of nitrogen functional groups attached to an aromatic ring is 1. The summed E-state index contributed by atoms with van der Waals surface area (Å²) in [5.41, 5.74) is 8.63. The van der Waals surface area contributed by atoms with Gasteiger partial charge in [0.2, 0.25) is 0 Å². The third-order valence-corrected chi connectivity index (χ3v) is 2.81. The van der Waals surface area contributed by atoms with Gasteiger partial charge in [-0.3, -0.25) is 5.10 Å². The number of fused-ring (bicyclic) bond motifs is 1. The lowest BCUT2D eigenvalue weighted by Gasteiger charge is -2.21. The molecule has 0 aliphatic carbocycles. The summed E-state index contributed by atoms with van der Waals surface area (Å²) in [6, 6.07) is 3.88. The van der Waals surface area contributed by atoms with Gasteiger partial charge in [0.05, 0.1) is 42.9 Å². The number of likely N-dealkylation sites (N-methyl/N-ethyl adjacent to an activating group) is 1. The summed E-state index contributed by atoms with van der Waals surface area (Å²) in [7, 11) is 1.95. The molecular weight excluding hydrogens is 232 g/mol. The number of aliphatic hydroxyl groups excluding tert-OH is 1. The van der Waals surface area contributed by atoms with Gasteiger partial charge in [-0.15, -0.1) is 0 Å². The molecule has 2 aromatic rings. The van der Waals surface area contributed by atoms with Crippen molar-refractivity contribution in [1.82, 2.24) is 10.2 Å². The van der Waals surface area contributed by atoms with Gasteiger partial charge in [0.15, 0.2) is 0 Å². The van der Waals surface area contributed by atoms with Crippen molar-refractivity contribution in [2.24, 2.45) is 0 Å². The van der Waals surface area contributed by atoms with Gasteiger partial charge in [0.25, 0.3) is 0 Å². The van der Waals surface area contributed by atoms with E-state index in [2.05, 4.69) is 10.2 Å². The number of aliphatic hydroxyl groups is 1. The van der Waals surface area contributed by atoms with Gasteiger partial charge in [0, 0.05) is 19.0 Å². The number of nitrogens with zero attached hydrogens (tertiary/aromatic N) is 2. The first kappa shape index (κ1) is 12.7. The van der Waals surface area contributed by atoms with E-state index in [1.54, 1.807) is 6.20 Å². The SMILES string of the molecule is CN(CCOCCO)c1cc2[nH]ncc2cc1N. The summed E-state index contributed by atoms with van der Waals surface area (Å²) >= 11 is 0. The maximum atomic E-state index is 8.62. The summed E-state index contributed by atoms with van der Waals surface area (Å²) in [6.07, 6.45) is 1.75. The van der Waals surface area contributed by atoms with Crippen LogP contribution in [0.25, 0.3) is 10.9 Å². The van der Waals surface area contributed by atoms with Crippen LogP contribution >= 0.6 is 0 Å². The summed E-state index contributed by atoms with van der Waals surface area (Å²) in [5.74, 6) is 0. The van der Waals surface area contributed by atoms with E-state index >= 15 is 0 Å². The molecule has 6 nitrogen and oxygen atoms in total. The van der Waals surface area contributed by atoms with E-state index < -0.39 is 0 Å². The van der Waals surface area contributed by atoms with Crippen LogP contribution in [0.1, 0.15) is 0 Å². The Morgan fingerprint density at radius 3 is 3.06 bits per heavy atom. The summed E-state index contributed by atoms with van der Waals surface area (Å²) in [5, 5.41) is 16.5. The number of hydrogen-bond acceptors (Lipinski definition) is 5. The average molecular weight is 250 g/mol. The van der Waals surface area contributed by atoms with Crippen LogP contribution in [-0.4, -0.2) is 48.7 Å². The molecule has 0 bridgehead atoms. The smallest absolute Gasteiger partial charge is 0.0698 e. The van der Waals surface area contributed by atoms with Crippen LogP contribution in [0.2, 0.25) is 0 Å². The Labute approximate surface area is 105 Å². The van der Waals surface area contributed by atoms with Crippen molar-refractivity contribution < 1.29 is 9.84 Å². The molecule has 98 valence electrons. The molecule has 0 aliphatic rings. The first-order chi connectivity index (χ1) is 8.72. The zero-order valence-electron chi connectivity index (χ0n) is 10.4. The van der Waals surface area contributed by atoms with Gasteiger partial charge in [-0.2, -0.15) is 5.10 Å². The number of aromatic nitrogens is 2. The van der Waals surface area contributed by atoms with Crippen molar-refractivity contribution in [1.29, 1.82) is 0 Å². The van der Waals surface area contributed by atoms with Gasteiger partial charge in [-0.1, -0.05) is 0 Å². The first-order valence-corrected chi connectivity index (χ1v) is 5.84. The Bertz CT molecular complexity index is 512. The minimum Gasteiger partial charge on any atom is -0.397 e. The highest BCUT2D eigenvalue weighted by Gasteiger charge is 2.08. The molecule has 1 aromatic carbocycles. The molecule has 0 unspecified atom stereocenters. The van der Waals surface area contributed by atoms with Crippen LogP contribution < -0.4 is 10.6 Å². The fourth-order valence-corrected chi connectivity index (χ4v) is 1.82. The minimum absolute atomic E-state index is 0.0476. The van der Waals surface area contributed by atoms with E-state index in [9.17, 15) is 0 Å². The van der Waals surface area contributed by atoms with E-state index in [0.717, 1.165) is 16.6 Å². The molecule has 0 spiro atoms. The number of anilines is 2. The Kier molecular flexibility index (Phi) is 4.01. The standard InChI is InChI=1S/C12H18N4O2/c1-16(2-4-18-5-3-17)12-7-11-9(6-10(12)13)8-14-15-11/h6-8,17H,2-5,13H2,1H3,(H,14,15). The Morgan fingerprint density at radius 1 is 1.44 bits per heavy atom. The summed E-state index contributed by atoms with van der Waals surface area (Å²) in [4.78, 5) is 2.02. The number of H-pyrrole nitrogens is 1. The second kappa shape index (κ2) is 5.70. The zero-order chi connectivity index (χ0) is 13.0. The van der Waals surface area contributed by atoms with E-state index in [1.165, 1.54) is 0 Å². The number of hydrogen-bond donors (Lipinski definition) is 3. The fraction of sp³-hybridized carbons (Fsp3) is 0.417. The molecule has 0 radical (unpaired) electrons. The molecule has 18 heavy (non-hydrogen) atoms. The molecule has 6 heteroatoms. The van der Waals surface area contributed by atoms with Crippen LogP contribution in [0.5, 0.6) is 0 Å². The molecule has 0 saturated heterocycles. The van der Waals surface area contributed by atoms with E-state index in [4.69, 9.17) is 15.6 Å². The highest BCUT2D eigenvalue weighted by Crippen LogP contribution is 2.27. The van der Waals surface area contributed by atoms with Crippen molar-refractivity contribution in [2.75, 3.05) is 44.0 Å². The Hall–Kier alpha value is -1.79. The largest absolute Gasteiger partial charge is 0.397 e. The van der Waals surface area contributed by atoms with Crippen LogP contribution in [-0.2, 0) is 4.74 Å². The number of rotatable bonds is 6. The number of benzene rings is 1. The molecule has 1 aromatic heterocycles. The Balaban J connectivity index is 2.06. The van der Waals surface area contributed by atoms with E-state index in [0.29, 0.717) is 25.4 Å². The number of ether oxygens (including phenoxy) is 1. The number of aromatic amines is 1. The van der Waals surface area contributed by atoms with Gasteiger partial charge in [0.1, 0.15) is 0 Å². The van der Waals surface area contributed by atoms with Gasteiger partial charge in [-0.05, 0) is 12.1 Å². The summed E-state index contributed by atoms with van der Waals surface area (Å²) in [6.45, 7) is 1.68. The Morgan fingerprint density at radius 2 is 2.28 bits per heavy atom. The first-order valence-electron chi connectivity index (χ1n) is 5.84. The molecule has 0 aliphatic heterocycles. The predicted molar refractivity (Wildman–Crippen MR) is 71.7 cm³/mol. The molecule has 0 amide bonds. The molecule has 0 saturated carbocycles. The minimum atomic E-state index is 0.0476. The molecule has 0 fully saturated rings. The van der Waals surface area contributed by atoms with Crippen LogP contribution in [0.3, 0.4) is 0 Å². The lowest BCUT2D eigenvalue weighted by molar-refractivity contribution is 0.0971. The summed E-state index contributed by atoms with van der Waals surface area (Å²) < 4.78 is 5.23. The van der Waals surface area contributed by atoms with Gasteiger partial charge < -0.3 is 20.5 Å². The molecule has 2 rings (SSSR count). The van der Waals surface area contributed by atoms with Crippen LogP contribution in [0.4, 0.5) is 11.4 Å². The van der Waals surface area contributed by atoms with E-state index in [1.807, 2.05) is 24.1 Å². The third kappa shape index (κ3) is 2.72. The maximum Gasteiger partial charge on any atom is 0.0698 e. The maximum absolute atomic E-state index is 8.62. The van der Waals surface area contributed by atoms with Crippen molar-refractivity contribution in [2.45, 2.75) is 0 Å². The van der Waals surface area contributed by atoms with Gasteiger partial charge in [-0.25, -0.2) is 0 Å². The zero-order valence-corrected chi connectivity index (χ0v) is 10.4. The molecule has 4 N–H and O–H groups in total. The lowest BCUT2D eigenvalue weighted by atomic mass is 10.2.